The number of para-hydroxylation sites is 2. The van der Waals surface area contributed by atoms with Crippen LogP contribution in [0.2, 0.25) is 0 Å². The van der Waals surface area contributed by atoms with Gasteiger partial charge in [0.05, 0.1) is 23.8 Å². The molecule has 0 bridgehead atoms. The Morgan fingerprint density at radius 1 is 0.511 bits per heavy atom. The highest BCUT2D eigenvalue weighted by atomic mass is 31.2. The van der Waals surface area contributed by atoms with Crippen molar-refractivity contribution in [2.75, 3.05) is 39.5 Å². The second-order valence-electron chi connectivity index (χ2n) is 11.6. The number of ether oxygens (including phenoxy) is 3. The van der Waals surface area contributed by atoms with E-state index in [4.69, 9.17) is 14.2 Å². The molecule has 0 aromatic heterocycles. The topological polar surface area (TPSA) is 85.9 Å². The van der Waals surface area contributed by atoms with Crippen LogP contribution in [0.25, 0.3) is 0 Å². The van der Waals surface area contributed by atoms with Crippen LogP contribution in [0, 0.1) is 11.8 Å². The molecule has 4 aromatic rings. The molecule has 0 aliphatic carbocycles. The van der Waals surface area contributed by atoms with Crippen molar-refractivity contribution in [2.45, 2.75) is 27.7 Å². The zero-order valence-corrected chi connectivity index (χ0v) is 28.5. The van der Waals surface area contributed by atoms with Gasteiger partial charge in [0.15, 0.2) is 0 Å². The van der Waals surface area contributed by atoms with Crippen LogP contribution in [-0.2, 0) is 13.9 Å². The molecule has 0 aliphatic heterocycles. The molecule has 0 saturated carbocycles. The van der Waals surface area contributed by atoms with Crippen LogP contribution in [0.3, 0.4) is 0 Å². The molecule has 9 heteroatoms. The van der Waals surface area contributed by atoms with Crippen molar-refractivity contribution in [3.8, 4) is 11.5 Å². The third-order valence-electron chi connectivity index (χ3n) is 7.06. The van der Waals surface area contributed by atoms with Gasteiger partial charge in [-0.25, -0.2) is 0 Å². The molecule has 0 fully saturated rings. The van der Waals surface area contributed by atoms with Crippen molar-refractivity contribution in [2.24, 2.45) is 11.8 Å². The maximum atomic E-state index is 14.4. The summed E-state index contributed by atoms with van der Waals surface area (Å²) < 4.78 is 47.0. The van der Waals surface area contributed by atoms with Crippen molar-refractivity contribution >= 4 is 35.8 Å². The molecule has 0 radical (unpaired) electrons. The molecule has 0 heterocycles. The monoisotopic (exact) mass is 648 g/mol. The molecule has 0 aliphatic rings. The Labute approximate surface area is 268 Å². The van der Waals surface area contributed by atoms with Crippen LogP contribution in [0.1, 0.15) is 27.7 Å². The molecule has 4 aromatic carbocycles. The van der Waals surface area contributed by atoms with Gasteiger partial charge in [0.25, 0.3) is 0 Å². The van der Waals surface area contributed by atoms with Crippen LogP contribution >= 0.6 is 14.6 Å². The summed E-state index contributed by atoms with van der Waals surface area (Å²) in [7, 11) is -6.26. The molecular formula is C36H46N2O5P2. The summed E-state index contributed by atoms with van der Waals surface area (Å²) in [5.41, 5.74) is 0. The predicted molar refractivity (Wildman–Crippen MR) is 187 cm³/mol. The molecule has 7 nitrogen and oxygen atoms in total. The standard InChI is InChI=1S/C36H46N2O5P2/c1-29(2)27-37-44(39,31-15-7-5-8-16-31)35-21-13-11-19-33(35)42-25-23-41-24-26-43-34-20-12-14-22-36(34)45(40,38-28-30(3)4)32-17-9-6-10-18-32/h5-22,29-30H,23-28H2,1-4H3,(H,37,39)(H,38,40). The lowest BCUT2D eigenvalue weighted by Gasteiger charge is -2.24. The van der Waals surface area contributed by atoms with E-state index >= 15 is 0 Å². The minimum absolute atomic E-state index is 0.287. The van der Waals surface area contributed by atoms with Gasteiger partial charge in [0, 0.05) is 23.7 Å². The SMILES string of the molecule is CC(C)CNP(=O)(c1ccccc1)c1ccccc1OCCOCCOc1ccccc1P(=O)(NCC(C)C)c1ccccc1. The normalized spacial score (nSPS) is 14.2. The van der Waals surface area contributed by atoms with Crippen molar-refractivity contribution in [3.63, 3.8) is 0 Å². The van der Waals surface area contributed by atoms with E-state index in [0.29, 0.717) is 60.2 Å². The summed E-state index contributed by atoms with van der Waals surface area (Å²) in [4.78, 5) is 0. The zero-order chi connectivity index (χ0) is 32.1. The first-order chi connectivity index (χ1) is 21.7. The number of rotatable bonds is 18. The Hall–Kier alpha value is -3.18. The molecule has 45 heavy (non-hydrogen) atoms. The van der Waals surface area contributed by atoms with Crippen LogP contribution in [0.15, 0.2) is 109 Å². The van der Waals surface area contributed by atoms with E-state index in [-0.39, 0.29) is 13.2 Å². The number of benzene rings is 4. The summed E-state index contributed by atoms with van der Waals surface area (Å²) in [6.07, 6.45) is 0. The minimum Gasteiger partial charge on any atom is -0.490 e. The van der Waals surface area contributed by atoms with E-state index in [2.05, 4.69) is 37.9 Å². The summed E-state index contributed by atoms with van der Waals surface area (Å²) >= 11 is 0. The largest absolute Gasteiger partial charge is 0.490 e. The van der Waals surface area contributed by atoms with Crippen LogP contribution in [0.4, 0.5) is 0 Å². The number of hydrogen-bond acceptors (Lipinski definition) is 5. The predicted octanol–water partition coefficient (Wildman–Crippen LogP) is 6.11. The van der Waals surface area contributed by atoms with Gasteiger partial charge in [-0.3, -0.25) is 19.3 Å². The van der Waals surface area contributed by atoms with E-state index in [1.165, 1.54) is 0 Å². The van der Waals surface area contributed by atoms with Gasteiger partial charge in [-0.1, -0.05) is 88.4 Å². The highest BCUT2D eigenvalue weighted by Crippen LogP contribution is 2.43. The van der Waals surface area contributed by atoms with Crippen LogP contribution in [0.5, 0.6) is 11.5 Å². The fraction of sp³-hybridized carbons (Fsp3) is 0.333. The van der Waals surface area contributed by atoms with Gasteiger partial charge in [-0.05, 0) is 60.4 Å². The molecule has 4 rings (SSSR count). The van der Waals surface area contributed by atoms with Gasteiger partial charge in [0.1, 0.15) is 24.7 Å². The first-order valence-electron chi connectivity index (χ1n) is 15.6. The average molecular weight is 649 g/mol. The summed E-state index contributed by atoms with van der Waals surface area (Å²) in [5, 5.41) is 9.46. The van der Waals surface area contributed by atoms with E-state index in [0.717, 1.165) is 10.6 Å². The Kier molecular flexibility index (Phi) is 13.1. The molecule has 0 amide bonds. The Morgan fingerprint density at radius 3 is 1.24 bits per heavy atom. The van der Waals surface area contributed by atoms with E-state index in [1.807, 2.05) is 109 Å². The van der Waals surface area contributed by atoms with E-state index in [1.54, 1.807) is 0 Å². The Morgan fingerprint density at radius 2 is 0.867 bits per heavy atom. The molecule has 2 atom stereocenters. The van der Waals surface area contributed by atoms with E-state index < -0.39 is 14.6 Å². The van der Waals surface area contributed by atoms with Gasteiger partial charge in [0.2, 0.25) is 14.6 Å². The Bertz CT molecular complexity index is 1450. The third-order valence-corrected chi connectivity index (χ3v) is 12.5. The first-order valence-corrected chi connectivity index (χ1v) is 19.0. The third kappa shape index (κ3) is 9.42. The molecule has 0 saturated heterocycles. The summed E-state index contributed by atoms with van der Waals surface area (Å²) in [5.74, 6) is 1.80. The van der Waals surface area contributed by atoms with Crippen LogP contribution in [-0.4, -0.2) is 39.5 Å². The number of nitrogens with one attached hydrogen (secondary N) is 2. The van der Waals surface area contributed by atoms with Crippen molar-refractivity contribution in [1.82, 2.24) is 10.2 Å². The van der Waals surface area contributed by atoms with Gasteiger partial charge < -0.3 is 14.2 Å². The fourth-order valence-electron chi connectivity index (χ4n) is 4.73. The summed E-state index contributed by atoms with van der Waals surface area (Å²) in [6, 6.07) is 34.0. The molecule has 0 spiro atoms. The highest BCUT2D eigenvalue weighted by Gasteiger charge is 2.31. The zero-order valence-electron chi connectivity index (χ0n) is 26.7. The minimum atomic E-state index is -3.13. The molecule has 2 N–H and O–H groups in total. The fourth-order valence-corrected chi connectivity index (χ4v) is 9.91. The Balaban J connectivity index is 1.36. The van der Waals surface area contributed by atoms with Crippen molar-refractivity contribution < 1.29 is 23.3 Å². The molecule has 240 valence electrons. The van der Waals surface area contributed by atoms with Crippen LogP contribution < -0.4 is 40.9 Å². The lowest BCUT2D eigenvalue weighted by molar-refractivity contribution is 0.0769. The highest BCUT2D eigenvalue weighted by molar-refractivity contribution is 7.77. The maximum absolute atomic E-state index is 14.4. The van der Waals surface area contributed by atoms with Crippen molar-refractivity contribution in [3.05, 3.63) is 109 Å². The van der Waals surface area contributed by atoms with E-state index in [9.17, 15) is 9.13 Å². The molecule has 2 unspecified atom stereocenters. The smallest absolute Gasteiger partial charge is 0.208 e. The lowest BCUT2D eigenvalue weighted by Crippen LogP contribution is -2.31. The second kappa shape index (κ2) is 16.9. The quantitative estimate of drug-likeness (QED) is 0.0995. The lowest BCUT2D eigenvalue weighted by atomic mass is 10.2. The number of hydrogen-bond donors (Lipinski definition) is 2. The molecular weight excluding hydrogens is 602 g/mol. The van der Waals surface area contributed by atoms with Gasteiger partial charge >= 0.3 is 0 Å². The maximum Gasteiger partial charge on any atom is 0.208 e. The first kappa shape index (κ1) is 34.7. The average Bonchev–Trinajstić information content (AvgIpc) is 3.07. The second-order valence-corrected chi connectivity index (χ2v) is 16.7. The van der Waals surface area contributed by atoms with Crippen molar-refractivity contribution in [1.29, 1.82) is 0 Å². The van der Waals surface area contributed by atoms with Gasteiger partial charge in [-0.2, -0.15) is 0 Å². The summed E-state index contributed by atoms with van der Waals surface area (Å²) in [6.45, 7) is 10.8. The van der Waals surface area contributed by atoms with Gasteiger partial charge in [-0.15, -0.1) is 0 Å².